The molecule has 6 nitrogen and oxygen atoms in total. The zero-order valence-corrected chi connectivity index (χ0v) is 12.6. The summed E-state index contributed by atoms with van der Waals surface area (Å²) in [5.41, 5.74) is 6.72. The number of amides is 1. The van der Waals surface area contributed by atoms with Crippen LogP contribution < -0.4 is 10.6 Å². The lowest BCUT2D eigenvalue weighted by Crippen LogP contribution is -2.51. The Hall–Kier alpha value is -2.11. The fourth-order valence-electron chi connectivity index (χ4n) is 3.30. The number of aliphatic carboxylic acids is 1. The molecule has 0 aliphatic carbocycles. The molecule has 2 heterocycles. The standard InChI is InChI=1S/C15H21N3O3/c1-4-15(14(20)21)6-5-7-18(15)11-8-9(2)17-10(3)12(11)13(16)19/h8H,4-7H2,1-3H3,(H2,16,19)(H,20,21). The minimum absolute atomic E-state index is 0.321. The van der Waals surface area contributed by atoms with Crippen LogP contribution in [0.1, 0.15) is 47.9 Å². The maximum absolute atomic E-state index is 11.8. The Labute approximate surface area is 124 Å². The Balaban J connectivity index is 2.65. The maximum Gasteiger partial charge on any atom is 0.329 e. The smallest absolute Gasteiger partial charge is 0.329 e. The van der Waals surface area contributed by atoms with Crippen LogP contribution in [0.15, 0.2) is 6.07 Å². The minimum Gasteiger partial charge on any atom is -0.479 e. The maximum atomic E-state index is 11.8. The zero-order valence-electron chi connectivity index (χ0n) is 12.6. The van der Waals surface area contributed by atoms with Crippen molar-refractivity contribution in [3.8, 4) is 0 Å². The number of primary amides is 1. The number of aryl methyl sites for hydroxylation is 2. The number of carbonyl (C=O) groups is 2. The highest BCUT2D eigenvalue weighted by atomic mass is 16.4. The van der Waals surface area contributed by atoms with Gasteiger partial charge in [-0.1, -0.05) is 6.92 Å². The summed E-state index contributed by atoms with van der Waals surface area (Å²) in [5.74, 6) is -1.43. The first kappa shape index (κ1) is 15.3. The van der Waals surface area contributed by atoms with E-state index in [4.69, 9.17) is 5.73 Å². The molecule has 0 aromatic carbocycles. The first-order valence-electron chi connectivity index (χ1n) is 7.12. The Morgan fingerprint density at radius 1 is 1.48 bits per heavy atom. The third-order valence-electron chi connectivity index (χ3n) is 4.32. The van der Waals surface area contributed by atoms with Crippen LogP contribution in [0.2, 0.25) is 0 Å². The molecule has 6 heteroatoms. The summed E-state index contributed by atoms with van der Waals surface area (Å²) >= 11 is 0. The quantitative estimate of drug-likeness (QED) is 0.879. The molecule has 0 saturated carbocycles. The number of anilines is 1. The van der Waals surface area contributed by atoms with Gasteiger partial charge >= 0.3 is 5.97 Å². The lowest BCUT2D eigenvalue weighted by atomic mass is 9.92. The molecule has 1 saturated heterocycles. The van der Waals surface area contributed by atoms with Crippen LogP contribution in [0.25, 0.3) is 0 Å². The van der Waals surface area contributed by atoms with E-state index in [1.807, 2.05) is 18.7 Å². The molecule has 1 aromatic heterocycles. The van der Waals surface area contributed by atoms with Crippen LogP contribution in [0.5, 0.6) is 0 Å². The Kier molecular flexibility index (Phi) is 3.89. The van der Waals surface area contributed by atoms with Gasteiger partial charge in [0.25, 0.3) is 5.91 Å². The van der Waals surface area contributed by atoms with Gasteiger partial charge in [0.15, 0.2) is 0 Å². The molecule has 1 unspecified atom stereocenters. The number of carbonyl (C=O) groups excluding carboxylic acids is 1. The molecule has 1 atom stereocenters. The lowest BCUT2D eigenvalue weighted by Gasteiger charge is -2.36. The van der Waals surface area contributed by atoms with Gasteiger partial charge in [0.2, 0.25) is 0 Å². The van der Waals surface area contributed by atoms with E-state index in [0.717, 1.165) is 12.1 Å². The summed E-state index contributed by atoms with van der Waals surface area (Å²) in [5, 5.41) is 9.69. The average molecular weight is 291 g/mol. The van der Waals surface area contributed by atoms with Crippen molar-refractivity contribution in [2.24, 2.45) is 5.73 Å². The highest BCUT2D eigenvalue weighted by molar-refractivity contribution is 6.01. The van der Waals surface area contributed by atoms with Gasteiger partial charge in [0.05, 0.1) is 16.9 Å². The van der Waals surface area contributed by atoms with Crippen molar-refractivity contribution >= 4 is 17.6 Å². The first-order valence-corrected chi connectivity index (χ1v) is 7.12. The number of pyridine rings is 1. The van der Waals surface area contributed by atoms with Crippen molar-refractivity contribution in [1.29, 1.82) is 0 Å². The SMILES string of the molecule is CCC1(C(=O)O)CCCN1c1cc(C)nc(C)c1C(N)=O. The van der Waals surface area contributed by atoms with Crippen LogP contribution in [0.4, 0.5) is 5.69 Å². The monoisotopic (exact) mass is 291 g/mol. The van der Waals surface area contributed by atoms with Gasteiger partial charge in [0.1, 0.15) is 5.54 Å². The molecule has 3 N–H and O–H groups in total. The zero-order chi connectivity index (χ0) is 15.8. The number of carboxylic acids is 1. The van der Waals surface area contributed by atoms with Crippen LogP contribution in [-0.2, 0) is 4.79 Å². The van der Waals surface area contributed by atoms with Gasteiger partial charge in [-0.2, -0.15) is 0 Å². The predicted octanol–water partition coefficient (Wildman–Crippen LogP) is 1.63. The van der Waals surface area contributed by atoms with Crippen molar-refractivity contribution in [3.63, 3.8) is 0 Å². The van der Waals surface area contributed by atoms with Crippen LogP contribution in [0.3, 0.4) is 0 Å². The van der Waals surface area contributed by atoms with Gasteiger partial charge in [-0.3, -0.25) is 9.78 Å². The number of hydrogen-bond acceptors (Lipinski definition) is 4. The summed E-state index contributed by atoms with van der Waals surface area (Å²) in [6.45, 7) is 6.01. The van der Waals surface area contributed by atoms with Crippen molar-refractivity contribution in [2.75, 3.05) is 11.4 Å². The molecule has 1 aromatic rings. The van der Waals surface area contributed by atoms with Crippen molar-refractivity contribution in [3.05, 3.63) is 23.0 Å². The molecule has 1 amide bonds. The van der Waals surface area contributed by atoms with E-state index >= 15 is 0 Å². The van der Waals surface area contributed by atoms with E-state index in [0.29, 0.717) is 36.3 Å². The number of carboxylic acid groups (broad SMARTS) is 1. The van der Waals surface area contributed by atoms with Gasteiger partial charge < -0.3 is 15.7 Å². The molecule has 21 heavy (non-hydrogen) atoms. The Morgan fingerprint density at radius 3 is 2.67 bits per heavy atom. The summed E-state index contributed by atoms with van der Waals surface area (Å²) in [4.78, 5) is 29.7. The normalized spacial score (nSPS) is 21.6. The molecular weight excluding hydrogens is 270 g/mol. The Morgan fingerprint density at radius 2 is 2.14 bits per heavy atom. The van der Waals surface area contributed by atoms with E-state index < -0.39 is 17.4 Å². The lowest BCUT2D eigenvalue weighted by molar-refractivity contribution is -0.143. The fraction of sp³-hybridized carbons (Fsp3) is 0.533. The Bertz CT molecular complexity index is 600. The second-order valence-corrected chi connectivity index (χ2v) is 5.55. The molecule has 0 bridgehead atoms. The number of rotatable bonds is 4. The van der Waals surface area contributed by atoms with Gasteiger partial charge in [-0.15, -0.1) is 0 Å². The van der Waals surface area contributed by atoms with E-state index in [1.54, 1.807) is 13.0 Å². The summed E-state index contributed by atoms with van der Waals surface area (Å²) in [6, 6.07) is 1.76. The molecular formula is C15H21N3O3. The van der Waals surface area contributed by atoms with E-state index in [9.17, 15) is 14.7 Å². The second kappa shape index (κ2) is 5.35. The van der Waals surface area contributed by atoms with Crippen molar-refractivity contribution in [2.45, 2.75) is 45.6 Å². The number of nitrogens with two attached hydrogens (primary N) is 1. The number of nitrogens with zero attached hydrogens (tertiary/aromatic N) is 2. The van der Waals surface area contributed by atoms with Crippen LogP contribution in [-0.4, -0.2) is 34.1 Å². The molecule has 0 radical (unpaired) electrons. The predicted molar refractivity (Wildman–Crippen MR) is 79.5 cm³/mol. The molecule has 1 aliphatic rings. The van der Waals surface area contributed by atoms with Crippen LogP contribution in [0, 0.1) is 13.8 Å². The average Bonchev–Trinajstić information content (AvgIpc) is 2.81. The number of aromatic nitrogens is 1. The summed E-state index contributed by atoms with van der Waals surface area (Å²) in [7, 11) is 0. The topological polar surface area (TPSA) is 96.5 Å². The van der Waals surface area contributed by atoms with Crippen molar-refractivity contribution in [1.82, 2.24) is 4.98 Å². The van der Waals surface area contributed by atoms with Gasteiger partial charge in [0, 0.05) is 12.2 Å². The molecule has 2 rings (SSSR count). The summed E-state index contributed by atoms with van der Waals surface area (Å²) in [6.07, 6.45) is 1.82. The molecule has 1 aliphatic heterocycles. The third kappa shape index (κ3) is 2.34. The van der Waals surface area contributed by atoms with Crippen molar-refractivity contribution < 1.29 is 14.7 Å². The van der Waals surface area contributed by atoms with Gasteiger partial charge in [-0.25, -0.2) is 4.79 Å². The van der Waals surface area contributed by atoms with Gasteiger partial charge in [-0.05, 0) is 39.2 Å². The highest BCUT2D eigenvalue weighted by Gasteiger charge is 2.47. The van der Waals surface area contributed by atoms with E-state index in [1.165, 1.54) is 0 Å². The minimum atomic E-state index is -0.968. The van der Waals surface area contributed by atoms with E-state index in [-0.39, 0.29) is 0 Å². The number of hydrogen-bond donors (Lipinski definition) is 2. The second-order valence-electron chi connectivity index (χ2n) is 5.55. The molecule has 1 fully saturated rings. The highest BCUT2D eigenvalue weighted by Crippen LogP contribution is 2.39. The van der Waals surface area contributed by atoms with Crippen LogP contribution >= 0.6 is 0 Å². The molecule has 0 spiro atoms. The van der Waals surface area contributed by atoms with E-state index in [2.05, 4.69) is 4.98 Å². The third-order valence-corrected chi connectivity index (χ3v) is 4.32. The fourth-order valence-corrected chi connectivity index (χ4v) is 3.30. The first-order chi connectivity index (χ1) is 9.83. The summed E-state index contributed by atoms with van der Waals surface area (Å²) < 4.78 is 0. The molecule has 114 valence electrons. The largest absolute Gasteiger partial charge is 0.479 e.